The van der Waals surface area contributed by atoms with Crippen molar-refractivity contribution in [3.63, 3.8) is 0 Å². The van der Waals surface area contributed by atoms with Gasteiger partial charge in [0.15, 0.2) is 0 Å². The van der Waals surface area contributed by atoms with Gasteiger partial charge >= 0.3 is 7.82 Å². The standard InChI is InChI=1S/C25H47O4PS/c1-3-5-7-9-11-13-15-17-21-27-30(26,29-24-25-20-19-23-31-25)28-22-18-16-14-12-10-8-6-4-2/h19-20,23H,3-18,21-22,24H2,1-2H3. The summed E-state index contributed by atoms with van der Waals surface area (Å²) in [6.07, 6.45) is 19.6. The normalized spacial score (nSPS) is 11.9. The Labute approximate surface area is 196 Å². The lowest BCUT2D eigenvalue weighted by molar-refractivity contribution is 0.106. The molecule has 0 bridgehead atoms. The van der Waals surface area contributed by atoms with Gasteiger partial charge in [-0.2, -0.15) is 0 Å². The maximum atomic E-state index is 13.1. The van der Waals surface area contributed by atoms with Gasteiger partial charge in [0.1, 0.15) is 0 Å². The predicted octanol–water partition coefficient (Wildman–Crippen LogP) is 9.69. The van der Waals surface area contributed by atoms with Crippen molar-refractivity contribution in [1.82, 2.24) is 0 Å². The number of phosphoric ester groups is 1. The van der Waals surface area contributed by atoms with Crippen LogP contribution in [0.15, 0.2) is 17.5 Å². The number of hydrogen-bond donors (Lipinski definition) is 0. The van der Waals surface area contributed by atoms with Crippen LogP contribution >= 0.6 is 19.2 Å². The highest BCUT2D eigenvalue weighted by Crippen LogP contribution is 2.50. The highest BCUT2D eigenvalue weighted by Gasteiger charge is 2.26. The lowest BCUT2D eigenvalue weighted by Gasteiger charge is -2.18. The highest BCUT2D eigenvalue weighted by molar-refractivity contribution is 7.48. The van der Waals surface area contributed by atoms with Gasteiger partial charge in [0, 0.05) is 4.88 Å². The van der Waals surface area contributed by atoms with E-state index < -0.39 is 7.82 Å². The van der Waals surface area contributed by atoms with Crippen molar-refractivity contribution < 1.29 is 18.1 Å². The zero-order valence-electron chi connectivity index (χ0n) is 20.2. The molecule has 1 rings (SSSR count). The number of rotatable bonds is 23. The van der Waals surface area contributed by atoms with Crippen LogP contribution in [0.4, 0.5) is 0 Å². The molecule has 0 atom stereocenters. The SMILES string of the molecule is CCCCCCCCCCOP(=O)(OCCCCCCCCCC)OCc1cccs1. The molecule has 0 aliphatic carbocycles. The zero-order valence-corrected chi connectivity index (χ0v) is 21.9. The van der Waals surface area contributed by atoms with Crippen LogP contribution in [0.2, 0.25) is 0 Å². The molecular formula is C25H47O4PS. The van der Waals surface area contributed by atoms with E-state index in [0.717, 1.165) is 30.6 Å². The molecule has 0 aliphatic rings. The smallest absolute Gasteiger partial charge is 0.287 e. The second kappa shape index (κ2) is 20.4. The van der Waals surface area contributed by atoms with Crippen LogP contribution in [-0.4, -0.2) is 13.2 Å². The first-order valence-electron chi connectivity index (χ1n) is 12.8. The van der Waals surface area contributed by atoms with Crippen molar-refractivity contribution in [1.29, 1.82) is 0 Å². The number of thiophene rings is 1. The molecule has 0 radical (unpaired) electrons. The largest absolute Gasteiger partial charge is 0.475 e. The van der Waals surface area contributed by atoms with Gasteiger partial charge < -0.3 is 0 Å². The van der Waals surface area contributed by atoms with E-state index in [2.05, 4.69) is 13.8 Å². The van der Waals surface area contributed by atoms with E-state index in [1.54, 1.807) is 11.3 Å². The first kappa shape index (κ1) is 28.8. The van der Waals surface area contributed by atoms with Gasteiger partial charge in [0.2, 0.25) is 0 Å². The van der Waals surface area contributed by atoms with Crippen molar-refractivity contribution in [3.05, 3.63) is 22.4 Å². The van der Waals surface area contributed by atoms with Crippen molar-refractivity contribution in [2.45, 2.75) is 123 Å². The lowest BCUT2D eigenvalue weighted by Crippen LogP contribution is -2.03. The quantitative estimate of drug-likeness (QED) is 0.117. The molecule has 0 amide bonds. The second-order valence-corrected chi connectivity index (χ2v) is 11.1. The Kier molecular flexibility index (Phi) is 19.0. The molecule has 0 spiro atoms. The molecule has 0 fully saturated rings. The number of unbranched alkanes of at least 4 members (excludes halogenated alkanes) is 14. The predicted molar refractivity (Wildman–Crippen MR) is 134 cm³/mol. The van der Waals surface area contributed by atoms with Crippen LogP contribution in [0.5, 0.6) is 0 Å². The second-order valence-electron chi connectivity index (χ2n) is 8.42. The molecule has 0 saturated carbocycles. The molecule has 0 N–H and O–H groups in total. The maximum absolute atomic E-state index is 13.1. The fourth-order valence-corrected chi connectivity index (χ4v) is 5.40. The van der Waals surface area contributed by atoms with Gasteiger partial charge in [-0.1, -0.05) is 110 Å². The van der Waals surface area contributed by atoms with Crippen LogP contribution in [0.1, 0.15) is 121 Å². The minimum atomic E-state index is -3.49. The van der Waals surface area contributed by atoms with E-state index in [0.29, 0.717) is 13.2 Å². The summed E-state index contributed by atoms with van der Waals surface area (Å²) in [5.41, 5.74) is 0. The third-order valence-electron chi connectivity index (χ3n) is 5.44. The van der Waals surface area contributed by atoms with Gasteiger partial charge in [-0.05, 0) is 24.3 Å². The number of phosphoric acid groups is 1. The van der Waals surface area contributed by atoms with E-state index in [1.165, 1.54) is 77.0 Å². The fourth-order valence-electron chi connectivity index (χ4n) is 3.47. The average Bonchev–Trinajstić information content (AvgIpc) is 3.29. The molecule has 0 aliphatic heterocycles. The highest BCUT2D eigenvalue weighted by atomic mass is 32.1. The topological polar surface area (TPSA) is 44.8 Å². The van der Waals surface area contributed by atoms with Crippen LogP contribution in [0.3, 0.4) is 0 Å². The fraction of sp³-hybridized carbons (Fsp3) is 0.840. The molecule has 4 nitrogen and oxygen atoms in total. The summed E-state index contributed by atoms with van der Waals surface area (Å²) in [4.78, 5) is 1.03. The minimum Gasteiger partial charge on any atom is -0.287 e. The van der Waals surface area contributed by atoms with Gasteiger partial charge in [-0.15, -0.1) is 11.3 Å². The van der Waals surface area contributed by atoms with Gasteiger partial charge in [0.05, 0.1) is 19.8 Å². The van der Waals surface area contributed by atoms with E-state index in [-0.39, 0.29) is 6.61 Å². The molecule has 0 unspecified atom stereocenters. The third kappa shape index (κ3) is 17.0. The molecule has 31 heavy (non-hydrogen) atoms. The third-order valence-corrected chi connectivity index (χ3v) is 7.73. The molecular weight excluding hydrogens is 427 g/mol. The molecule has 1 aromatic rings. The van der Waals surface area contributed by atoms with Crippen molar-refractivity contribution in [3.8, 4) is 0 Å². The van der Waals surface area contributed by atoms with Crippen LogP contribution in [0, 0.1) is 0 Å². The summed E-state index contributed by atoms with van der Waals surface area (Å²) in [5, 5.41) is 1.99. The summed E-state index contributed by atoms with van der Waals surface area (Å²) in [5.74, 6) is 0. The monoisotopic (exact) mass is 474 g/mol. The zero-order chi connectivity index (χ0) is 22.5. The summed E-state index contributed by atoms with van der Waals surface area (Å²) >= 11 is 1.59. The summed E-state index contributed by atoms with van der Waals surface area (Å²) in [7, 11) is -3.49. The van der Waals surface area contributed by atoms with Crippen LogP contribution in [0.25, 0.3) is 0 Å². The van der Waals surface area contributed by atoms with E-state index in [1.807, 2.05) is 17.5 Å². The Bertz CT molecular complexity index is 510. The number of hydrogen-bond acceptors (Lipinski definition) is 5. The summed E-state index contributed by atoms with van der Waals surface area (Å²) < 4.78 is 30.0. The minimum absolute atomic E-state index is 0.282. The maximum Gasteiger partial charge on any atom is 0.475 e. The van der Waals surface area contributed by atoms with Crippen molar-refractivity contribution in [2.75, 3.05) is 13.2 Å². The molecule has 0 aromatic carbocycles. The Morgan fingerprint density at radius 2 is 1.13 bits per heavy atom. The van der Waals surface area contributed by atoms with E-state index in [4.69, 9.17) is 13.6 Å². The van der Waals surface area contributed by atoms with Crippen molar-refractivity contribution >= 4 is 19.2 Å². The molecule has 0 saturated heterocycles. The lowest BCUT2D eigenvalue weighted by atomic mass is 10.1. The first-order chi connectivity index (χ1) is 15.2. The Hall–Kier alpha value is -0.190. The Balaban J connectivity index is 2.21. The van der Waals surface area contributed by atoms with E-state index >= 15 is 0 Å². The average molecular weight is 475 g/mol. The molecule has 6 heteroatoms. The summed E-state index contributed by atoms with van der Waals surface area (Å²) in [6.45, 7) is 5.64. The molecule has 1 heterocycles. The van der Waals surface area contributed by atoms with Crippen LogP contribution in [-0.2, 0) is 24.7 Å². The van der Waals surface area contributed by atoms with Crippen LogP contribution < -0.4 is 0 Å². The van der Waals surface area contributed by atoms with Gasteiger partial charge in [0.25, 0.3) is 0 Å². The summed E-state index contributed by atoms with van der Waals surface area (Å²) in [6, 6.07) is 3.95. The van der Waals surface area contributed by atoms with Gasteiger partial charge in [-0.3, -0.25) is 13.6 Å². The first-order valence-corrected chi connectivity index (χ1v) is 15.1. The molecule has 182 valence electrons. The van der Waals surface area contributed by atoms with Gasteiger partial charge in [-0.25, -0.2) is 4.57 Å². The Morgan fingerprint density at radius 3 is 1.55 bits per heavy atom. The van der Waals surface area contributed by atoms with Crippen molar-refractivity contribution in [2.24, 2.45) is 0 Å². The molecule has 1 aromatic heterocycles. The Morgan fingerprint density at radius 1 is 0.677 bits per heavy atom. The van der Waals surface area contributed by atoms with E-state index in [9.17, 15) is 4.57 Å².